The van der Waals surface area contributed by atoms with Gasteiger partial charge in [-0.3, -0.25) is 71.9 Å². The van der Waals surface area contributed by atoms with E-state index in [0.29, 0.717) is 57.1 Å². The molecule has 678 valence electrons. The quantitative estimate of drug-likeness (QED) is 0.0492. The van der Waals surface area contributed by atoms with Crippen molar-refractivity contribution in [3.05, 3.63) is 203 Å². The van der Waals surface area contributed by atoms with E-state index in [1.807, 2.05) is 6.92 Å². The number of ketones is 1. The number of H-pyrrole nitrogens is 1. The highest BCUT2D eigenvalue weighted by molar-refractivity contribution is 8.00. The summed E-state index contributed by atoms with van der Waals surface area (Å²) < 4.78 is 0. The van der Waals surface area contributed by atoms with Crippen LogP contribution in [0, 0.1) is 5.92 Å². The Bertz CT molecular complexity index is 4980. The third-order valence-corrected chi connectivity index (χ3v) is 22.6. The number of primary amides is 1. The summed E-state index contributed by atoms with van der Waals surface area (Å²) in [6, 6.07) is 29.4. The van der Waals surface area contributed by atoms with E-state index >= 15 is 28.8 Å². The molecule has 0 aliphatic carbocycles. The lowest BCUT2D eigenvalue weighted by atomic mass is 9.99. The number of nitrogens with zero attached hydrogens (tertiary/aromatic N) is 5. The smallest absolute Gasteiger partial charge is 0.373 e. The zero-order valence-electron chi connectivity index (χ0n) is 73.0. The van der Waals surface area contributed by atoms with Gasteiger partial charge < -0.3 is 88.0 Å². The SMILES string of the molecule is CCCC[C@H]1C(=O)N(C)CC(=O)N[C@@H](C)C(=O)N[C@@H](C)C(=O)N(C)[C@@H](Cc2ccccc2)C(=O)N[C@@H](Cc2ccc(O)cc2)C(=O)N(C)CC(=O)N[C@@H](Cc2c[nH]c3ccccc23)C(=O)N[C@@H](Cc2ccc(O)cc2)C(=O)N[C@@H](CC(C)C)C(=O)N[C@H](C(=O)CCC(N)=O)CSCC(=O)N[C@@H](Cc2ccccc2)C(=O)N(C)[C@@H](Cc2ccccc2)C(=O)N1C.O=C=O. The molecule has 0 unspecified atom stereocenters. The van der Waals surface area contributed by atoms with Gasteiger partial charge in [0, 0.05) is 109 Å². The molecule has 1 aromatic heterocycles. The molecule has 11 atom stereocenters. The minimum atomic E-state index is -1.56. The molecule has 35 heteroatoms. The number of benzene rings is 6. The lowest BCUT2D eigenvalue weighted by Crippen LogP contribution is -2.60. The van der Waals surface area contributed by atoms with E-state index < -0.39 is 187 Å². The van der Waals surface area contributed by atoms with Gasteiger partial charge in [0.05, 0.1) is 24.9 Å². The minimum absolute atomic E-state index is 0.0564. The molecule has 1 aliphatic rings. The van der Waals surface area contributed by atoms with Crippen LogP contribution in [-0.2, 0) is 120 Å². The molecule has 127 heavy (non-hydrogen) atoms. The van der Waals surface area contributed by atoms with Crippen LogP contribution in [0.3, 0.4) is 0 Å². The number of phenolic OH excluding ortho intramolecular Hbond substituents is 2. The molecule has 14 amide bonds. The number of rotatable bonds is 21. The Labute approximate surface area is 741 Å². The number of carbonyl (C=O) groups excluding carboxylic acids is 17. The predicted octanol–water partition coefficient (Wildman–Crippen LogP) is 2.89. The maximum Gasteiger partial charge on any atom is 0.373 e. The Hall–Kier alpha value is -13.6. The molecular weight excluding hydrogens is 1650 g/mol. The first kappa shape index (κ1) is 101. The number of likely N-dealkylation sites (N-methyl/N-ethyl adjacent to an activating group) is 5. The van der Waals surface area contributed by atoms with Crippen molar-refractivity contribution in [3.8, 4) is 11.5 Å². The molecule has 34 nitrogen and oxygen atoms in total. The molecule has 2 heterocycles. The molecule has 13 N–H and O–H groups in total. The van der Waals surface area contributed by atoms with Crippen molar-refractivity contribution in [3.63, 3.8) is 0 Å². The fraction of sp³-hybridized carbons (Fsp3) is 0.413. The third kappa shape index (κ3) is 31.3. The van der Waals surface area contributed by atoms with E-state index in [9.17, 15) is 53.4 Å². The number of hydrogen-bond acceptors (Lipinski definition) is 20. The summed E-state index contributed by atoms with van der Waals surface area (Å²) in [5.74, 6) is -13.2. The van der Waals surface area contributed by atoms with E-state index in [-0.39, 0.29) is 80.7 Å². The van der Waals surface area contributed by atoms with Gasteiger partial charge in [-0.2, -0.15) is 9.59 Å². The van der Waals surface area contributed by atoms with E-state index in [1.165, 1.54) is 107 Å². The number of carbonyl (C=O) groups is 15. The molecule has 6 aromatic carbocycles. The largest absolute Gasteiger partial charge is 0.508 e. The summed E-state index contributed by atoms with van der Waals surface area (Å²) in [5.41, 5.74) is 9.43. The topological polar surface area (TPSA) is 485 Å². The van der Waals surface area contributed by atoms with E-state index in [4.69, 9.17) is 15.3 Å². The van der Waals surface area contributed by atoms with Gasteiger partial charge in [0.2, 0.25) is 82.7 Å². The number of nitrogens with one attached hydrogen (secondary N) is 9. The Balaban J connectivity index is 0.00000726. The Morgan fingerprint density at radius 3 is 1.43 bits per heavy atom. The summed E-state index contributed by atoms with van der Waals surface area (Å²) in [6.07, 6.45) is 1.07. The number of para-hydroxylation sites is 1. The van der Waals surface area contributed by atoms with Crippen molar-refractivity contribution < 1.29 is 91.7 Å². The fourth-order valence-corrected chi connectivity index (χ4v) is 15.4. The first-order chi connectivity index (χ1) is 60.5. The molecule has 8 rings (SSSR count). The summed E-state index contributed by atoms with van der Waals surface area (Å²) in [4.78, 5) is 245. The van der Waals surface area contributed by atoms with Gasteiger partial charge >= 0.3 is 6.15 Å². The predicted molar refractivity (Wildman–Crippen MR) is 473 cm³/mol. The summed E-state index contributed by atoms with van der Waals surface area (Å²) in [5, 5.41) is 43.3. The van der Waals surface area contributed by atoms with Crippen LogP contribution in [0.15, 0.2) is 170 Å². The molecule has 1 saturated heterocycles. The highest BCUT2D eigenvalue weighted by Gasteiger charge is 2.41. The first-order valence-corrected chi connectivity index (χ1v) is 43.0. The molecule has 0 bridgehead atoms. The maximum atomic E-state index is 15.4. The number of aromatic hydroxyl groups is 2. The van der Waals surface area contributed by atoms with E-state index in [1.54, 1.807) is 135 Å². The number of Topliss-reactive ketones (excluding diaryl/α,β-unsaturated/α-hetero) is 1. The van der Waals surface area contributed by atoms with Crippen molar-refractivity contribution >= 4 is 117 Å². The number of amides is 14. The Morgan fingerprint density at radius 2 is 0.890 bits per heavy atom. The van der Waals surface area contributed by atoms with Crippen LogP contribution < -0.4 is 48.3 Å². The van der Waals surface area contributed by atoms with Gasteiger partial charge in [-0.25, -0.2) is 0 Å². The van der Waals surface area contributed by atoms with Crippen molar-refractivity contribution in [1.82, 2.24) is 72.0 Å². The number of unbranched alkanes of at least 4 members (excludes halogenated alkanes) is 1. The summed E-state index contributed by atoms with van der Waals surface area (Å²) in [7, 11) is 6.81. The van der Waals surface area contributed by atoms with E-state index in [2.05, 4.69) is 47.5 Å². The van der Waals surface area contributed by atoms with Crippen LogP contribution in [0.25, 0.3) is 10.9 Å². The first-order valence-electron chi connectivity index (χ1n) is 41.8. The van der Waals surface area contributed by atoms with Gasteiger partial charge in [0.25, 0.3) is 0 Å². The van der Waals surface area contributed by atoms with Crippen molar-refractivity contribution in [1.29, 1.82) is 0 Å². The Morgan fingerprint density at radius 1 is 0.449 bits per heavy atom. The van der Waals surface area contributed by atoms with E-state index in [0.717, 1.165) is 26.5 Å². The number of hydrogen-bond donors (Lipinski definition) is 12. The molecule has 1 aliphatic heterocycles. The highest BCUT2D eigenvalue weighted by atomic mass is 32.2. The second-order valence-electron chi connectivity index (χ2n) is 32.0. The molecule has 1 fully saturated rings. The fourth-order valence-electron chi connectivity index (χ4n) is 14.6. The average molecular weight is 1770 g/mol. The maximum absolute atomic E-state index is 15.4. The zero-order valence-corrected chi connectivity index (χ0v) is 73.8. The lowest BCUT2D eigenvalue weighted by molar-refractivity contribution is -0.192. The van der Waals surface area contributed by atoms with Gasteiger partial charge in [0.1, 0.15) is 71.9 Å². The van der Waals surface area contributed by atoms with Gasteiger partial charge in [0.15, 0.2) is 5.78 Å². The number of fused-ring (bicyclic) bond motifs is 1. The van der Waals surface area contributed by atoms with Crippen LogP contribution in [0.1, 0.15) is 107 Å². The number of aromatic amines is 1. The van der Waals surface area contributed by atoms with Crippen LogP contribution in [-0.4, -0.2) is 261 Å². The number of nitrogens with two attached hydrogens (primary N) is 1. The Kier molecular flexibility index (Phi) is 39.4. The van der Waals surface area contributed by atoms with Crippen LogP contribution in [0.5, 0.6) is 11.5 Å². The minimum Gasteiger partial charge on any atom is -0.508 e. The molecule has 0 radical (unpaired) electrons. The number of phenols is 2. The second kappa shape index (κ2) is 49.8. The summed E-state index contributed by atoms with van der Waals surface area (Å²) >= 11 is 0.890. The lowest BCUT2D eigenvalue weighted by Gasteiger charge is -2.37. The third-order valence-electron chi connectivity index (χ3n) is 21.6. The second-order valence-corrected chi connectivity index (χ2v) is 33.0. The van der Waals surface area contributed by atoms with Gasteiger partial charge in [-0.05, 0) is 96.3 Å². The van der Waals surface area contributed by atoms with Crippen molar-refractivity contribution in [2.24, 2.45) is 11.7 Å². The van der Waals surface area contributed by atoms with Gasteiger partial charge in [-0.15, -0.1) is 11.8 Å². The van der Waals surface area contributed by atoms with Crippen LogP contribution in [0.2, 0.25) is 0 Å². The molecule has 0 spiro atoms. The highest BCUT2D eigenvalue weighted by Crippen LogP contribution is 2.24. The van der Waals surface area contributed by atoms with Crippen LogP contribution in [0.4, 0.5) is 0 Å². The standard InChI is InChI=1S/C91H115N15O17S.CO2/c1-11-12-32-74-90(122)103(7)51-79(111)94-56(4)82(114)95-57(5)87(119)105(9)75(47-59-26-18-14-19-27-59)86(118)100-71(46-62-35-39-65(108)40-36-62)88(120)102(6)52-80(112)96-70(49-63-50-93-67-31-23-22-30-66(63)67)85(117)99-69(44-61-33-37-64(107)38-34-61)84(116)98-68(43-55(2)3)83(115)101-73(77(109)41-42-78(92)110)53-124-54-81(113)97-72(45-58-24-16-13-17-25-58)89(121)106(10)76(91(123)104(74)8)48-60-28-20-15-21-29-60;2-1-3/h13-31,33-40,50,55-57,68-76,93,107-108H,11-12,32,41-49,51-54H2,1-10H3,(H2,92,110)(H,94,111)(H,95,114)(H,96,112)(H,97,113)(H,98,116)(H,99,117)(H,100,118)(H,101,115);/t56-,57-,68-,69-,70-,71-,72-,73-,74-,75-,76-;/m0./s1. The van der Waals surface area contributed by atoms with Gasteiger partial charge in [-0.1, -0.05) is 167 Å². The number of thioether (sulfide) groups is 1. The average Bonchev–Trinajstić information content (AvgIpc) is 1.72. The monoisotopic (exact) mass is 1770 g/mol. The molecule has 7 aromatic rings. The molecule has 0 saturated carbocycles. The number of aromatic nitrogens is 1. The zero-order chi connectivity index (χ0) is 93.1. The van der Waals surface area contributed by atoms with Crippen molar-refractivity contribution in [2.75, 3.05) is 59.8 Å². The molecular formula is C92H115N15O19S. The normalized spacial score (nSPS) is 21.9. The van der Waals surface area contributed by atoms with Crippen molar-refractivity contribution in [2.45, 2.75) is 178 Å². The van der Waals surface area contributed by atoms with Crippen LogP contribution >= 0.6 is 11.8 Å². The summed E-state index contributed by atoms with van der Waals surface area (Å²) in [6.45, 7) is 6.78.